The number of aliphatic imine (C=N–C) groups is 1. The number of nitrogen functional groups attached to an aromatic ring is 2. The molecule has 1 aromatic heterocycles. The lowest BCUT2D eigenvalue weighted by Crippen LogP contribution is -2.32. The topological polar surface area (TPSA) is 149 Å². The summed E-state index contributed by atoms with van der Waals surface area (Å²) < 4.78 is 0. The minimum atomic E-state index is -0.509. The van der Waals surface area contributed by atoms with Gasteiger partial charge in [0, 0.05) is 5.56 Å². The van der Waals surface area contributed by atoms with Crippen molar-refractivity contribution in [1.82, 2.24) is 10.3 Å². The third-order valence-electron chi connectivity index (χ3n) is 4.30. The van der Waals surface area contributed by atoms with Crippen LogP contribution < -0.4 is 22.1 Å². The van der Waals surface area contributed by atoms with Gasteiger partial charge in [0.2, 0.25) is 5.96 Å². The molecule has 6 N–H and O–H groups in total. The minimum absolute atomic E-state index is 0.0329. The summed E-state index contributed by atoms with van der Waals surface area (Å²) in [5.41, 5.74) is 15.1. The number of anilines is 3. The number of hydrogen-bond acceptors (Lipinski definition) is 8. The van der Waals surface area contributed by atoms with Crippen LogP contribution in [0.25, 0.3) is 0 Å². The lowest BCUT2D eigenvalue weighted by atomic mass is 9.93. The van der Waals surface area contributed by atoms with Crippen molar-refractivity contribution < 1.29 is 0 Å². The molecule has 1 unspecified atom stereocenters. The maximum atomic E-state index is 9.35. The van der Waals surface area contributed by atoms with Gasteiger partial charge >= 0.3 is 0 Å². The Morgan fingerprint density at radius 3 is 2.52 bits per heavy atom. The molecule has 1 aliphatic rings. The van der Waals surface area contributed by atoms with E-state index in [0.717, 1.165) is 12.0 Å². The Hall–Kier alpha value is -3.78. The highest BCUT2D eigenvalue weighted by Crippen LogP contribution is 2.40. The number of fused-ring (bicyclic) bond motifs is 1. The van der Waals surface area contributed by atoms with E-state index < -0.39 is 6.04 Å². The van der Waals surface area contributed by atoms with Gasteiger partial charge in [-0.25, -0.2) is 9.98 Å². The SMILES string of the molecule is CC(C)Cc1ccc(C2N=C(NC#N)Nc3nc(N)c(C#N)c(N)c32)cc1. The zero-order valence-electron chi connectivity index (χ0n) is 15.1. The smallest absolute Gasteiger partial charge is 0.211 e. The third-order valence-corrected chi connectivity index (χ3v) is 4.30. The Kier molecular flexibility index (Phi) is 4.82. The van der Waals surface area contributed by atoms with Crippen LogP contribution in [0.2, 0.25) is 0 Å². The molecule has 0 radical (unpaired) electrons. The van der Waals surface area contributed by atoms with Gasteiger partial charge in [0.15, 0.2) is 6.19 Å². The van der Waals surface area contributed by atoms with Crippen molar-refractivity contribution in [2.24, 2.45) is 10.9 Å². The number of aromatic nitrogens is 1. The number of benzene rings is 1. The average molecular weight is 360 g/mol. The maximum Gasteiger partial charge on any atom is 0.211 e. The van der Waals surface area contributed by atoms with Gasteiger partial charge < -0.3 is 16.8 Å². The van der Waals surface area contributed by atoms with Crippen molar-refractivity contribution in [3.8, 4) is 12.3 Å². The van der Waals surface area contributed by atoms with E-state index in [-0.39, 0.29) is 23.0 Å². The third kappa shape index (κ3) is 3.46. The van der Waals surface area contributed by atoms with Crippen LogP contribution in [0.3, 0.4) is 0 Å². The number of guanidine groups is 1. The molecule has 8 nitrogen and oxygen atoms in total. The van der Waals surface area contributed by atoms with Crippen molar-refractivity contribution in [3.05, 3.63) is 46.5 Å². The average Bonchev–Trinajstić information content (AvgIpc) is 2.61. The number of rotatable bonds is 3. The van der Waals surface area contributed by atoms with Crippen molar-refractivity contribution in [1.29, 1.82) is 10.5 Å². The van der Waals surface area contributed by atoms with Crippen molar-refractivity contribution in [3.63, 3.8) is 0 Å². The van der Waals surface area contributed by atoms with Crippen LogP contribution in [-0.4, -0.2) is 10.9 Å². The molecule has 1 atom stereocenters. The molecule has 0 saturated heterocycles. The molecule has 2 heterocycles. The summed E-state index contributed by atoms with van der Waals surface area (Å²) >= 11 is 0. The molecule has 0 bridgehead atoms. The van der Waals surface area contributed by atoms with Gasteiger partial charge in [-0.05, 0) is 23.5 Å². The minimum Gasteiger partial charge on any atom is -0.397 e. The van der Waals surface area contributed by atoms with Crippen LogP contribution in [0.5, 0.6) is 0 Å². The molecular weight excluding hydrogens is 340 g/mol. The largest absolute Gasteiger partial charge is 0.397 e. The van der Waals surface area contributed by atoms with Gasteiger partial charge in [-0.3, -0.25) is 5.32 Å². The molecule has 8 heteroatoms. The van der Waals surface area contributed by atoms with Crippen LogP contribution in [0.1, 0.15) is 42.1 Å². The summed E-state index contributed by atoms with van der Waals surface area (Å²) in [5.74, 6) is 1.22. The zero-order valence-corrected chi connectivity index (χ0v) is 15.1. The van der Waals surface area contributed by atoms with E-state index in [1.54, 1.807) is 0 Å². The Balaban J connectivity index is 2.11. The molecule has 2 aromatic rings. The van der Waals surface area contributed by atoms with E-state index >= 15 is 0 Å². The van der Waals surface area contributed by atoms with E-state index in [1.807, 2.05) is 24.4 Å². The predicted octanol–water partition coefficient (Wildman–Crippen LogP) is 2.26. The van der Waals surface area contributed by atoms with Crippen LogP contribution in [0.4, 0.5) is 17.3 Å². The van der Waals surface area contributed by atoms with E-state index in [1.165, 1.54) is 5.56 Å². The first kappa shape index (κ1) is 18.0. The monoisotopic (exact) mass is 360 g/mol. The van der Waals surface area contributed by atoms with Crippen molar-refractivity contribution in [2.45, 2.75) is 26.3 Å². The summed E-state index contributed by atoms with van der Waals surface area (Å²) in [5, 5.41) is 23.7. The second-order valence-electron chi connectivity index (χ2n) is 6.74. The highest BCUT2D eigenvalue weighted by Gasteiger charge is 2.29. The second kappa shape index (κ2) is 7.22. The van der Waals surface area contributed by atoms with Gasteiger partial charge in [0.05, 0.1) is 5.69 Å². The van der Waals surface area contributed by atoms with Crippen LogP contribution in [0.15, 0.2) is 29.3 Å². The summed E-state index contributed by atoms with van der Waals surface area (Å²) in [6.45, 7) is 4.34. The van der Waals surface area contributed by atoms with Crippen LogP contribution >= 0.6 is 0 Å². The number of nitrogens with two attached hydrogens (primary N) is 2. The molecule has 0 spiro atoms. The van der Waals surface area contributed by atoms with E-state index in [4.69, 9.17) is 16.7 Å². The fourth-order valence-corrected chi connectivity index (χ4v) is 3.13. The van der Waals surface area contributed by atoms with Gasteiger partial charge in [0.1, 0.15) is 29.3 Å². The molecule has 3 rings (SSSR count). The van der Waals surface area contributed by atoms with Crippen molar-refractivity contribution >= 4 is 23.3 Å². The quantitative estimate of drug-likeness (QED) is 0.484. The highest BCUT2D eigenvalue weighted by molar-refractivity contribution is 5.98. The number of nitrogens with zero attached hydrogens (tertiary/aromatic N) is 4. The number of hydrogen-bond donors (Lipinski definition) is 4. The molecule has 136 valence electrons. The fraction of sp³-hybridized carbons (Fsp3) is 0.263. The lowest BCUT2D eigenvalue weighted by molar-refractivity contribution is 0.647. The molecular formula is C19H20N8. The molecule has 0 saturated carbocycles. The van der Waals surface area contributed by atoms with E-state index in [0.29, 0.717) is 17.3 Å². The molecule has 27 heavy (non-hydrogen) atoms. The Bertz CT molecular complexity index is 977. The predicted molar refractivity (Wildman–Crippen MR) is 104 cm³/mol. The van der Waals surface area contributed by atoms with E-state index in [2.05, 4.69) is 46.6 Å². The van der Waals surface area contributed by atoms with Gasteiger partial charge in [-0.2, -0.15) is 10.5 Å². The fourth-order valence-electron chi connectivity index (χ4n) is 3.13. The van der Waals surface area contributed by atoms with Crippen molar-refractivity contribution in [2.75, 3.05) is 16.8 Å². The van der Waals surface area contributed by atoms with Crippen LogP contribution in [0, 0.1) is 28.7 Å². The summed E-state index contributed by atoms with van der Waals surface area (Å²) in [4.78, 5) is 8.79. The lowest BCUT2D eigenvalue weighted by Gasteiger charge is -2.26. The standard InChI is InChI=1S/C19H20N8/c1-10(2)7-11-3-5-12(6-4-11)16-14-15(22)13(8-20)17(23)26-18(14)27-19(25-16)24-9-21/h3-6,10,16H,7H2,1-2H3,(H6,22,23,24,25,26,27). The molecule has 0 amide bonds. The first-order valence-electron chi connectivity index (χ1n) is 8.52. The molecule has 1 aliphatic heterocycles. The normalized spacial score (nSPS) is 15.1. The Labute approximate surface area is 157 Å². The number of nitriles is 2. The Morgan fingerprint density at radius 2 is 1.93 bits per heavy atom. The molecule has 1 aromatic carbocycles. The first-order valence-corrected chi connectivity index (χ1v) is 8.52. The van der Waals surface area contributed by atoms with Gasteiger partial charge in [0.25, 0.3) is 0 Å². The Morgan fingerprint density at radius 1 is 1.22 bits per heavy atom. The first-order chi connectivity index (χ1) is 12.9. The second-order valence-corrected chi connectivity index (χ2v) is 6.74. The number of pyridine rings is 1. The van der Waals surface area contributed by atoms with E-state index in [9.17, 15) is 5.26 Å². The molecule has 0 fully saturated rings. The van der Waals surface area contributed by atoms with Crippen LogP contribution in [-0.2, 0) is 6.42 Å². The highest BCUT2D eigenvalue weighted by atomic mass is 15.2. The number of nitrogens with one attached hydrogen (secondary N) is 2. The summed E-state index contributed by atoms with van der Waals surface area (Å²) in [7, 11) is 0. The summed E-state index contributed by atoms with van der Waals surface area (Å²) in [6.07, 6.45) is 2.82. The maximum absolute atomic E-state index is 9.35. The molecule has 0 aliphatic carbocycles. The zero-order chi connectivity index (χ0) is 19.6. The van der Waals surface area contributed by atoms with Gasteiger partial charge in [-0.15, -0.1) is 0 Å². The van der Waals surface area contributed by atoms with Gasteiger partial charge in [-0.1, -0.05) is 38.1 Å². The summed E-state index contributed by atoms with van der Waals surface area (Å²) in [6, 6.07) is 9.55.